The van der Waals surface area contributed by atoms with Gasteiger partial charge in [-0.15, -0.1) is 0 Å². The zero-order chi connectivity index (χ0) is 24.7. The van der Waals surface area contributed by atoms with Gasteiger partial charge in [0.1, 0.15) is 11.0 Å². The number of carbonyl (C=O) groups excluding carboxylic acids is 1. The van der Waals surface area contributed by atoms with Crippen molar-refractivity contribution in [2.45, 2.75) is 53.6 Å². The highest BCUT2D eigenvalue weighted by Crippen LogP contribution is 2.23. The van der Waals surface area contributed by atoms with E-state index in [1.54, 1.807) is 10.8 Å². The number of methoxy groups -OCH3 is 1. The highest BCUT2D eigenvalue weighted by atomic mass is 35.5. The molecule has 0 unspecified atom stereocenters. The minimum atomic E-state index is -0.739. The summed E-state index contributed by atoms with van der Waals surface area (Å²) in [5.41, 5.74) is 6.06. The minimum Gasteiger partial charge on any atom is -0.383 e. The smallest absolute Gasteiger partial charge is 0.330 e. The fraction of sp³-hybridized carbons (Fsp3) is 0.545. The Hall–Kier alpha value is -2.85. The number of aromatic nitrogens is 4. The Morgan fingerprint density at radius 1 is 1.36 bits per heavy atom. The fourth-order valence-corrected chi connectivity index (χ4v) is 3.68. The largest absolute Gasteiger partial charge is 0.383 e. The Labute approximate surface area is 198 Å². The Morgan fingerprint density at radius 2 is 2.06 bits per heavy atom. The van der Waals surface area contributed by atoms with Crippen molar-refractivity contribution in [2.24, 2.45) is 5.92 Å². The van der Waals surface area contributed by atoms with Crippen molar-refractivity contribution in [3.8, 4) is 0 Å². The Bertz CT molecular complexity index is 1120. The van der Waals surface area contributed by atoms with Crippen molar-refractivity contribution in [1.82, 2.24) is 19.3 Å². The van der Waals surface area contributed by atoms with Crippen LogP contribution in [0, 0.1) is 12.8 Å². The lowest BCUT2D eigenvalue weighted by Crippen LogP contribution is -2.42. The van der Waals surface area contributed by atoms with Crippen LogP contribution >= 0.6 is 11.6 Å². The second kappa shape index (κ2) is 11.9. The van der Waals surface area contributed by atoms with Gasteiger partial charge in [0.05, 0.1) is 12.3 Å². The standard InChI is InChI=1S/C22H33ClN6O4/c1-6-7-10-29-19(23)16(15(4)26-29)8-9-17(30)27(11-12-33-5)18-20(24)28(13-14(2)3)22(32)25-21(18)31/h8-9,14H,6-7,10-13,24H2,1-5H3,(H,25,31,32)/b9-8+. The maximum absolute atomic E-state index is 13.2. The lowest BCUT2D eigenvalue weighted by atomic mass is 10.2. The summed E-state index contributed by atoms with van der Waals surface area (Å²) < 4.78 is 8.08. The number of aryl methyl sites for hydroxylation is 2. The molecule has 0 aliphatic heterocycles. The van der Waals surface area contributed by atoms with Gasteiger partial charge in [0.15, 0.2) is 5.69 Å². The van der Waals surface area contributed by atoms with Crippen molar-refractivity contribution in [2.75, 3.05) is 30.9 Å². The first-order chi connectivity index (χ1) is 15.6. The molecule has 182 valence electrons. The molecule has 0 saturated carbocycles. The zero-order valence-corrected chi connectivity index (χ0v) is 20.6. The molecular formula is C22H33ClN6O4. The van der Waals surface area contributed by atoms with Crippen LogP contribution in [-0.2, 0) is 22.6 Å². The van der Waals surface area contributed by atoms with Crippen LogP contribution in [0.4, 0.5) is 11.5 Å². The summed E-state index contributed by atoms with van der Waals surface area (Å²) in [7, 11) is 1.49. The highest BCUT2D eigenvalue weighted by Gasteiger charge is 2.23. The third kappa shape index (κ3) is 6.35. The first kappa shape index (κ1) is 26.4. The van der Waals surface area contributed by atoms with Crippen molar-refractivity contribution >= 4 is 35.1 Å². The molecule has 3 N–H and O–H groups in total. The number of hydrogen-bond donors (Lipinski definition) is 2. The molecule has 0 fully saturated rings. The number of H-pyrrole nitrogens is 1. The van der Waals surface area contributed by atoms with Gasteiger partial charge in [0.2, 0.25) is 0 Å². The summed E-state index contributed by atoms with van der Waals surface area (Å²) in [5, 5.41) is 4.87. The van der Waals surface area contributed by atoms with Gasteiger partial charge in [-0.05, 0) is 25.3 Å². The highest BCUT2D eigenvalue weighted by molar-refractivity contribution is 6.31. The predicted octanol–water partition coefficient (Wildman–Crippen LogP) is 2.43. The monoisotopic (exact) mass is 480 g/mol. The van der Waals surface area contributed by atoms with Gasteiger partial charge in [0, 0.05) is 38.4 Å². The summed E-state index contributed by atoms with van der Waals surface area (Å²) in [5.74, 6) is -0.478. The van der Waals surface area contributed by atoms with E-state index in [4.69, 9.17) is 22.1 Å². The molecule has 0 atom stereocenters. The van der Waals surface area contributed by atoms with Gasteiger partial charge in [-0.25, -0.2) is 4.79 Å². The van der Waals surface area contributed by atoms with Gasteiger partial charge < -0.3 is 10.5 Å². The van der Waals surface area contributed by atoms with Crippen LogP contribution in [0.25, 0.3) is 6.08 Å². The van der Waals surface area contributed by atoms with Crippen molar-refractivity contribution in [1.29, 1.82) is 0 Å². The third-order valence-electron chi connectivity index (χ3n) is 5.04. The molecule has 0 saturated heterocycles. The summed E-state index contributed by atoms with van der Waals surface area (Å²) in [6.45, 7) is 8.93. The molecule has 2 rings (SSSR count). The molecule has 11 heteroatoms. The average molecular weight is 481 g/mol. The minimum absolute atomic E-state index is 0.0648. The van der Waals surface area contributed by atoms with E-state index in [9.17, 15) is 14.4 Å². The van der Waals surface area contributed by atoms with Crippen LogP contribution in [0.3, 0.4) is 0 Å². The van der Waals surface area contributed by atoms with Gasteiger partial charge in [-0.1, -0.05) is 38.8 Å². The van der Waals surface area contributed by atoms with Crippen molar-refractivity contribution < 1.29 is 9.53 Å². The van der Waals surface area contributed by atoms with E-state index in [1.165, 1.54) is 22.7 Å². The van der Waals surface area contributed by atoms with E-state index in [2.05, 4.69) is 17.0 Å². The molecule has 2 heterocycles. The van der Waals surface area contributed by atoms with Gasteiger partial charge in [-0.3, -0.25) is 28.7 Å². The van der Waals surface area contributed by atoms with Crippen LogP contribution in [0.2, 0.25) is 5.15 Å². The number of hydrogen-bond acceptors (Lipinski definition) is 6. The van der Waals surface area contributed by atoms with Crippen LogP contribution in [-0.4, -0.2) is 45.5 Å². The van der Waals surface area contributed by atoms with Crippen LogP contribution in [0.1, 0.15) is 44.9 Å². The lowest BCUT2D eigenvalue weighted by Gasteiger charge is -2.23. The molecule has 0 aliphatic rings. The Balaban J connectivity index is 2.46. The van der Waals surface area contributed by atoms with Gasteiger partial charge >= 0.3 is 5.69 Å². The first-order valence-corrected chi connectivity index (χ1v) is 11.3. The SMILES string of the molecule is CCCCn1nc(C)c(/C=C/C(=O)N(CCOC)c2c(N)n(CC(C)C)c(=O)[nH]c2=O)c1Cl. The van der Waals surface area contributed by atoms with E-state index in [1.807, 2.05) is 20.8 Å². The number of anilines is 2. The molecule has 0 bridgehead atoms. The maximum Gasteiger partial charge on any atom is 0.330 e. The number of ether oxygens (including phenoxy) is 1. The number of nitrogen functional groups attached to an aromatic ring is 1. The van der Waals surface area contributed by atoms with E-state index in [0.29, 0.717) is 29.5 Å². The van der Waals surface area contributed by atoms with Crippen LogP contribution < -0.4 is 21.9 Å². The van der Waals surface area contributed by atoms with E-state index in [-0.39, 0.29) is 30.6 Å². The number of nitrogens with one attached hydrogen (secondary N) is 1. The van der Waals surface area contributed by atoms with E-state index < -0.39 is 17.2 Å². The normalized spacial score (nSPS) is 11.6. The molecular weight excluding hydrogens is 448 g/mol. The van der Waals surface area contributed by atoms with Crippen molar-refractivity contribution in [3.63, 3.8) is 0 Å². The van der Waals surface area contributed by atoms with Gasteiger partial charge in [-0.2, -0.15) is 5.10 Å². The molecule has 2 aromatic heterocycles. The van der Waals surface area contributed by atoms with Crippen molar-refractivity contribution in [3.05, 3.63) is 43.3 Å². The summed E-state index contributed by atoms with van der Waals surface area (Å²) in [4.78, 5) is 41.6. The fourth-order valence-electron chi connectivity index (χ4n) is 3.36. The number of unbranched alkanes of at least 4 members (excludes halogenated alkanes) is 1. The second-order valence-electron chi connectivity index (χ2n) is 8.18. The number of nitrogens with zero attached hydrogens (tertiary/aromatic N) is 4. The number of carbonyl (C=O) groups is 1. The molecule has 0 aliphatic carbocycles. The Kier molecular flexibility index (Phi) is 9.48. The zero-order valence-electron chi connectivity index (χ0n) is 19.9. The number of rotatable bonds is 11. The number of aromatic amines is 1. The van der Waals surface area contributed by atoms with Gasteiger partial charge in [0.25, 0.3) is 11.5 Å². The van der Waals surface area contributed by atoms with E-state index >= 15 is 0 Å². The first-order valence-electron chi connectivity index (χ1n) is 11.0. The van der Waals surface area contributed by atoms with Crippen LogP contribution in [0.5, 0.6) is 0 Å². The average Bonchev–Trinajstić information content (AvgIpc) is 3.02. The number of nitrogens with two attached hydrogens (primary N) is 1. The Morgan fingerprint density at radius 3 is 2.67 bits per heavy atom. The quantitative estimate of drug-likeness (QED) is 0.475. The maximum atomic E-state index is 13.2. The molecule has 33 heavy (non-hydrogen) atoms. The molecule has 0 aromatic carbocycles. The molecule has 2 aromatic rings. The number of halogens is 1. The second-order valence-corrected chi connectivity index (χ2v) is 8.54. The molecule has 10 nitrogen and oxygen atoms in total. The third-order valence-corrected chi connectivity index (χ3v) is 5.44. The molecule has 0 radical (unpaired) electrons. The summed E-state index contributed by atoms with van der Waals surface area (Å²) in [6, 6.07) is 0. The predicted molar refractivity (Wildman–Crippen MR) is 131 cm³/mol. The van der Waals surface area contributed by atoms with Crippen LogP contribution in [0.15, 0.2) is 15.7 Å². The summed E-state index contributed by atoms with van der Waals surface area (Å²) >= 11 is 6.46. The lowest BCUT2D eigenvalue weighted by molar-refractivity contribution is -0.114. The molecule has 0 spiro atoms. The molecule has 1 amide bonds. The van der Waals surface area contributed by atoms with E-state index in [0.717, 1.165) is 12.8 Å². The topological polar surface area (TPSA) is 128 Å². The summed E-state index contributed by atoms with van der Waals surface area (Å²) in [6.07, 6.45) is 4.82. The number of amides is 1.